The van der Waals surface area contributed by atoms with E-state index in [9.17, 15) is 68.1 Å². The number of nitrogens with zero attached hydrogens (tertiary/aromatic N) is 2. The minimum absolute atomic E-state index is 0.0126. The number of nitrogens with one attached hydrogen (secondary N) is 6. The molecule has 25 nitrogen and oxygen atoms in total. The molecule has 1 aromatic heterocycles. The first-order valence-electron chi connectivity index (χ1n) is 21.7. The first kappa shape index (κ1) is 52.5. The number of aromatic nitrogens is 1. The van der Waals surface area contributed by atoms with Gasteiger partial charge in [-0.3, -0.25) is 47.9 Å². The van der Waals surface area contributed by atoms with E-state index in [1.165, 1.54) is 4.90 Å². The molecular weight excluding hydrogens is 883 g/mol. The number of carbonyl (C=O) groups is 11. The van der Waals surface area contributed by atoms with Crippen molar-refractivity contribution in [1.29, 1.82) is 0 Å². The van der Waals surface area contributed by atoms with Crippen LogP contribution in [-0.4, -0.2) is 163 Å². The van der Waals surface area contributed by atoms with E-state index in [4.69, 9.17) is 17.2 Å². The Balaban J connectivity index is 1.52. The molecule has 2 aliphatic rings. The Morgan fingerprint density at radius 3 is 1.82 bits per heavy atom. The van der Waals surface area contributed by atoms with Crippen molar-refractivity contribution in [3.8, 4) is 0 Å². The zero-order valence-corrected chi connectivity index (χ0v) is 37.0. The molecule has 0 spiro atoms. The molecule has 0 bridgehead atoms. The van der Waals surface area contributed by atoms with Gasteiger partial charge in [-0.05, 0) is 49.7 Å². The lowest BCUT2D eigenvalue weighted by atomic mass is 10.0. The predicted octanol–water partition coefficient (Wildman–Crippen LogP) is -4.21. The van der Waals surface area contributed by atoms with Crippen LogP contribution in [0, 0.1) is 5.92 Å². The van der Waals surface area contributed by atoms with Gasteiger partial charge < -0.3 is 73.9 Å². The number of hydrogen-bond acceptors (Lipinski definition) is 13. The van der Waals surface area contributed by atoms with Gasteiger partial charge in [0.25, 0.3) is 0 Å². The van der Waals surface area contributed by atoms with Gasteiger partial charge in [0.2, 0.25) is 53.2 Å². The summed E-state index contributed by atoms with van der Waals surface area (Å²) in [5, 5.41) is 41.0. The SMILES string of the molecule is CC(C)[C@H](NC(=O)[C@H](CC(N)=O)NC(=O)[C@H](Cc1c[nH]c2ccccc12)NC(=O)[C@@H](N)CC(N)=O)C(=O)N1CCC[C@H]1C(=O)N[C@@H](CCC(=O)O)C(=O)N1CCC[C@H]1C(=O)N[C@@H](CO)C(=O)O. The molecule has 0 radical (unpaired) electrons. The second-order valence-corrected chi connectivity index (χ2v) is 16.8. The molecule has 67 heavy (non-hydrogen) atoms. The smallest absolute Gasteiger partial charge is 0.328 e. The number of primary amides is 2. The number of amides is 9. The number of carboxylic acid groups (broad SMARTS) is 2. The number of benzene rings is 1. The number of aliphatic carboxylic acids is 2. The van der Waals surface area contributed by atoms with Crippen molar-refractivity contribution >= 4 is 76.0 Å². The van der Waals surface area contributed by atoms with Crippen LogP contribution in [-0.2, 0) is 59.2 Å². The standard InChI is InChI=1S/C42H59N11O14/c1-20(2)34(51-37(61)27(17-32(45)56)49-36(60)26(48-35(59)23(43)16-31(44)55)15-21-18-46-24-8-4-3-7-22(21)24)41(65)53-14-6-10-30(53)38(62)47-25(11-12-33(57)58)40(64)52-13-5-9-29(52)39(63)50-28(19-54)42(66)67/h3-4,7-8,18,20,23,25-30,34,46,54H,5-6,9-17,19,43H2,1-2H3,(H2,44,55)(H2,45,56)(H,47,62)(H,48,59)(H,49,60)(H,50,63)(H,51,61)(H,57,58)(H,66,67)/t23-,25-,26-,27-,28-,29-,30-,34-/m0/s1. The van der Waals surface area contributed by atoms with Gasteiger partial charge >= 0.3 is 11.9 Å². The number of aromatic amines is 1. The van der Waals surface area contributed by atoms with E-state index < -0.39 is 152 Å². The summed E-state index contributed by atoms with van der Waals surface area (Å²) in [5.41, 5.74) is 17.8. The summed E-state index contributed by atoms with van der Waals surface area (Å²) in [6.45, 7) is 2.27. The summed E-state index contributed by atoms with van der Waals surface area (Å²) >= 11 is 0. The molecule has 0 saturated carbocycles. The number of carbonyl (C=O) groups excluding carboxylic acids is 9. The molecule has 9 amide bonds. The lowest BCUT2D eigenvalue weighted by Crippen LogP contribution is -2.61. The van der Waals surface area contributed by atoms with E-state index in [2.05, 4.69) is 31.6 Å². The summed E-state index contributed by atoms with van der Waals surface area (Å²) in [6.07, 6.45) is -0.0254. The summed E-state index contributed by atoms with van der Waals surface area (Å²) in [7, 11) is 0. The summed E-state index contributed by atoms with van der Waals surface area (Å²) < 4.78 is 0. The Morgan fingerprint density at radius 2 is 1.27 bits per heavy atom. The van der Waals surface area contributed by atoms with Crippen LogP contribution in [0.2, 0.25) is 0 Å². The van der Waals surface area contributed by atoms with E-state index in [1.54, 1.807) is 44.3 Å². The fraction of sp³-hybridized carbons (Fsp3) is 0.548. The van der Waals surface area contributed by atoms with Crippen LogP contribution in [0.1, 0.15) is 70.8 Å². The topological polar surface area (TPSA) is 409 Å². The number of aliphatic hydroxyl groups is 1. The van der Waals surface area contributed by atoms with E-state index >= 15 is 0 Å². The Hall–Kier alpha value is -7.15. The van der Waals surface area contributed by atoms with E-state index in [0.717, 1.165) is 4.90 Å². The minimum Gasteiger partial charge on any atom is -0.481 e. The van der Waals surface area contributed by atoms with Crippen molar-refractivity contribution in [3.63, 3.8) is 0 Å². The zero-order valence-electron chi connectivity index (χ0n) is 37.0. The molecule has 4 rings (SSSR count). The van der Waals surface area contributed by atoms with Crippen molar-refractivity contribution in [2.45, 2.75) is 120 Å². The zero-order chi connectivity index (χ0) is 49.7. The van der Waals surface area contributed by atoms with Crippen molar-refractivity contribution in [2.75, 3.05) is 19.7 Å². The van der Waals surface area contributed by atoms with Crippen molar-refractivity contribution in [3.05, 3.63) is 36.0 Å². The van der Waals surface area contributed by atoms with Gasteiger partial charge in [0.1, 0.15) is 42.3 Å². The molecule has 3 heterocycles. The maximum atomic E-state index is 14.3. The largest absolute Gasteiger partial charge is 0.481 e. The maximum absolute atomic E-state index is 14.3. The predicted molar refractivity (Wildman–Crippen MR) is 233 cm³/mol. The molecule has 2 aromatic rings. The molecule has 8 atom stereocenters. The number of hydrogen-bond donors (Lipinski definition) is 12. The summed E-state index contributed by atoms with van der Waals surface area (Å²) in [4.78, 5) is 148. The highest BCUT2D eigenvalue weighted by atomic mass is 16.4. The van der Waals surface area contributed by atoms with Gasteiger partial charge in [-0.1, -0.05) is 32.0 Å². The van der Waals surface area contributed by atoms with Crippen molar-refractivity contribution in [2.24, 2.45) is 23.1 Å². The molecule has 0 unspecified atom stereocenters. The fourth-order valence-electron chi connectivity index (χ4n) is 8.00. The number of fused-ring (bicyclic) bond motifs is 1. The number of H-pyrrole nitrogens is 1. The second-order valence-electron chi connectivity index (χ2n) is 16.8. The van der Waals surface area contributed by atoms with Gasteiger partial charge in [0, 0.05) is 43.0 Å². The van der Waals surface area contributed by atoms with Crippen LogP contribution in [0.5, 0.6) is 0 Å². The van der Waals surface area contributed by atoms with Gasteiger partial charge in [-0.25, -0.2) is 4.79 Å². The Bertz CT molecular complexity index is 2220. The third-order valence-electron chi connectivity index (χ3n) is 11.5. The van der Waals surface area contributed by atoms with Crippen molar-refractivity contribution < 1.29 is 68.1 Å². The summed E-state index contributed by atoms with van der Waals surface area (Å²) in [6, 6.07) is -4.42. The van der Waals surface area contributed by atoms with Crippen LogP contribution < -0.4 is 43.8 Å². The van der Waals surface area contributed by atoms with Crippen LogP contribution in [0.25, 0.3) is 10.9 Å². The number of likely N-dealkylation sites (tertiary alicyclic amines) is 2. The summed E-state index contributed by atoms with van der Waals surface area (Å²) in [5.74, 6) is -11.6. The van der Waals surface area contributed by atoms with Gasteiger partial charge in [-0.2, -0.15) is 0 Å². The van der Waals surface area contributed by atoms with Crippen LogP contribution in [0.4, 0.5) is 0 Å². The van der Waals surface area contributed by atoms with Crippen LogP contribution >= 0.6 is 0 Å². The number of aliphatic hydroxyl groups excluding tert-OH is 1. The maximum Gasteiger partial charge on any atom is 0.328 e. The van der Waals surface area contributed by atoms with E-state index in [0.29, 0.717) is 29.3 Å². The monoisotopic (exact) mass is 941 g/mol. The lowest BCUT2D eigenvalue weighted by molar-refractivity contribution is -0.146. The highest BCUT2D eigenvalue weighted by molar-refractivity contribution is 5.99. The Kier molecular flexibility index (Phi) is 18.7. The molecule has 2 aliphatic heterocycles. The van der Waals surface area contributed by atoms with Crippen molar-refractivity contribution in [1.82, 2.24) is 41.4 Å². The van der Waals surface area contributed by atoms with Gasteiger partial charge in [0.05, 0.1) is 25.5 Å². The highest BCUT2D eigenvalue weighted by Crippen LogP contribution is 2.24. The third kappa shape index (κ3) is 14.2. The molecule has 366 valence electrons. The number of carboxylic acids is 2. The Morgan fingerprint density at radius 1 is 0.716 bits per heavy atom. The molecule has 25 heteroatoms. The quantitative estimate of drug-likeness (QED) is 0.0475. The van der Waals surface area contributed by atoms with E-state index in [-0.39, 0.29) is 32.4 Å². The number of rotatable bonds is 24. The van der Waals surface area contributed by atoms with E-state index in [1.807, 2.05) is 0 Å². The first-order chi connectivity index (χ1) is 31.6. The molecule has 1 aromatic carbocycles. The van der Waals surface area contributed by atoms with Gasteiger partial charge in [0.15, 0.2) is 0 Å². The minimum atomic E-state index is -1.70. The second kappa shape index (κ2) is 23.9. The lowest BCUT2D eigenvalue weighted by Gasteiger charge is -2.33. The number of para-hydroxylation sites is 1. The first-order valence-corrected chi connectivity index (χ1v) is 21.7. The highest BCUT2D eigenvalue weighted by Gasteiger charge is 2.43. The Labute approximate surface area is 383 Å². The average Bonchev–Trinajstić information content (AvgIpc) is 4.05. The molecule has 2 saturated heterocycles. The molecule has 2 fully saturated rings. The normalized spacial score (nSPS) is 18.5. The van der Waals surface area contributed by atoms with Crippen LogP contribution in [0.15, 0.2) is 30.5 Å². The molecular formula is C42H59N11O14. The third-order valence-corrected chi connectivity index (χ3v) is 11.5. The van der Waals surface area contributed by atoms with Crippen LogP contribution in [0.3, 0.4) is 0 Å². The number of nitrogens with two attached hydrogens (primary N) is 3. The molecule has 15 N–H and O–H groups in total. The fourth-order valence-corrected chi connectivity index (χ4v) is 8.00. The molecule has 0 aliphatic carbocycles. The average molecular weight is 942 g/mol. The van der Waals surface area contributed by atoms with Gasteiger partial charge in [-0.15, -0.1) is 0 Å².